The lowest BCUT2D eigenvalue weighted by molar-refractivity contribution is -0.313. The molecular weight excluding hydrogens is 402 g/mol. The van der Waals surface area contributed by atoms with E-state index in [1.807, 2.05) is 30.3 Å². The maximum Gasteiger partial charge on any atom is 0.313 e. The van der Waals surface area contributed by atoms with Gasteiger partial charge in [0.1, 0.15) is 0 Å². The number of aromatic nitrogens is 2. The average molecular weight is 425 g/mol. The van der Waals surface area contributed by atoms with Crippen molar-refractivity contribution in [3.8, 4) is 11.3 Å². The fourth-order valence-corrected chi connectivity index (χ4v) is 4.16. The number of carbonyl (C=O) groups is 1. The van der Waals surface area contributed by atoms with Gasteiger partial charge in [-0.3, -0.25) is 9.48 Å². The van der Waals surface area contributed by atoms with E-state index in [9.17, 15) is 27.5 Å². The summed E-state index contributed by atoms with van der Waals surface area (Å²) in [6.45, 7) is 0.0368. The van der Waals surface area contributed by atoms with Crippen molar-refractivity contribution in [2.45, 2.75) is 56.4 Å². The van der Waals surface area contributed by atoms with Gasteiger partial charge in [0, 0.05) is 29.9 Å². The first-order valence-electron chi connectivity index (χ1n) is 10.1. The van der Waals surface area contributed by atoms with Crippen molar-refractivity contribution in [1.82, 2.24) is 9.78 Å². The Balaban J connectivity index is 1.62. The first kappa shape index (κ1) is 20.8. The molecule has 2 aromatic rings. The van der Waals surface area contributed by atoms with Gasteiger partial charge in [0.25, 0.3) is 0 Å². The highest BCUT2D eigenvalue weighted by Gasteiger charge is 2.71. The Kier molecular flexibility index (Phi) is 5.34. The van der Waals surface area contributed by atoms with Gasteiger partial charge in [-0.25, -0.2) is 0 Å². The van der Waals surface area contributed by atoms with Gasteiger partial charge in [-0.1, -0.05) is 36.8 Å². The molecule has 0 spiro atoms. The number of hydrogen-bond donors (Lipinski definition) is 2. The van der Waals surface area contributed by atoms with Crippen LogP contribution in [0.2, 0.25) is 0 Å². The van der Waals surface area contributed by atoms with Gasteiger partial charge in [0.15, 0.2) is 5.82 Å². The summed E-state index contributed by atoms with van der Waals surface area (Å²) in [4.78, 5) is 12.4. The molecule has 30 heavy (non-hydrogen) atoms. The third-order valence-corrected chi connectivity index (χ3v) is 6.05. The molecule has 0 aliphatic heterocycles. The maximum absolute atomic E-state index is 13.6. The number of nitrogens with zero attached hydrogens (tertiary/aromatic N) is 2. The summed E-state index contributed by atoms with van der Waals surface area (Å²) >= 11 is 0. The monoisotopic (exact) mass is 425 g/mol. The molecule has 2 aliphatic carbocycles. The summed E-state index contributed by atoms with van der Waals surface area (Å²) in [5.41, 5.74) is 2.44. The maximum atomic E-state index is 13.6. The van der Waals surface area contributed by atoms with Crippen LogP contribution < -0.4 is 5.32 Å². The largest absolute Gasteiger partial charge is 0.394 e. The minimum atomic E-state index is -4.17. The molecular formula is C21H23F4N3O2. The second-order valence-corrected chi connectivity index (χ2v) is 8.03. The smallest absolute Gasteiger partial charge is 0.313 e. The molecule has 2 N–H and O–H groups in total. The number of carbonyl (C=O) groups excluding carboxylic acids is 1. The van der Waals surface area contributed by atoms with Crippen molar-refractivity contribution in [2.75, 3.05) is 11.9 Å². The Morgan fingerprint density at radius 1 is 1.20 bits per heavy atom. The Hall–Kier alpha value is -2.42. The van der Waals surface area contributed by atoms with Crippen LogP contribution in [0.3, 0.4) is 0 Å². The lowest BCUT2D eigenvalue weighted by Crippen LogP contribution is -2.59. The van der Waals surface area contributed by atoms with Gasteiger partial charge in [0.2, 0.25) is 5.91 Å². The number of benzene rings is 1. The zero-order chi connectivity index (χ0) is 21.5. The molecule has 4 rings (SSSR count). The van der Waals surface area contributed by atoms with Crippen LogP contribution in [0.1, 0.15) is 43.6 Å². The van der Waals surface area contributed by atoms with Crippen molar-refractivity contribution in [3.05, 3.63) is 35.9 Å². The molecule has 0 bridgehead atoms. The predicted molar refractivity (Wildman–Crippen MR) is 103 cm³/mol. The number of rotatable bonds is 7. The van der Waals surface area contributed by atoms with Crippen LogP contribution in [0.25, 0.3) is 11.3 Å². The van der Waals surface area contributed by atoms with Crippen LogP contribution in [0, 0.1) is 5.92 Å². The van der Waals surface area contributed by atoms with E-state index in [1.54, 1.807) is 4.68 Å². The molecule has 0 saturated heterocycles. The summed E-state index contributed by atoms with van der Waals surface area (Å²) in [5.74, 6) is -10.3. The topological polar surface area (TPSA) is 67.2 Å². The molecule has 1 heterocycles. The molecule has 5 nitrogen and oxygen atoms in total. The van der Waals surface area contributed by atoms with Crippen LogP contribution >= 0.6 is 0 Å². The summed E-state index contributed by atoms with van der Waals surface area (Å²) in [6, 6.07) is 9.41. The van der Waals surface area contributed by atoms with Crippen molar-refractivity contribution < 1.29 is 27.5 Å². The second-order valence-electron chi connectivity index (χ2n) is 8.03. The average Bonchev–Trinajstić information content (AvgIpc) is 2.98. The predicted octanol–water partition coefficient (Wildman–Crippen LogP) is 4.43. The summed E-state index contributed by atoms with van der Waals surface area (Å²) in [5, 5.41) is 16.5. The number of aliphatic hydroxyl groups is 1. The molecule has 0 radical (unpaired) electrons. The molecule has 2 aliphatic rings. The molecule has 9 heteroatoms. The minimum Gasteiger partial charge on any atom is -0.394 e. The van der Waals surface area contributed by atoms with Crippen molar-refractivity contribution in [2.24, 2.45) is 5.92 Å². The highest BCUT2D eigenvalue weighted by Crippen LogP contribution is 2.56. The highest BCUT2D eigenvalue weighted by molar-refractivity contribution is 5.92. The quantitative estimate of drug-likeness (QED) is 0.645. The van der Waals surface area contributed by atoms with E-state index in [-0.39, 0.29) is 24.9 Å². The molecule has 1 amide bonds. The van der Waals surface area contributed by atoms with Crippen LogP contribution in [0.15, 0.2) is 30.3 Å². The van der Waals surface area contributed by atoms with Gasteiger partial charge in [0.05, 0.1) is 18.8 Å². The van der Waals surface area contributed by atoms with Crippen LogP contribution in [-0.4, -0.2) is 39.2 Å². The van der Waals surface area contributed by atoms with Crippen molar-refractivity contribution >= 4 is 11.7 Å². The second kappa shape index (κ2) is 7.68. The Labute approximate surface area is 171 Å². The van der Waals surface area contributed by atoms with Crippen LogP contribution in [0.5, 0.6) is 0 Å². The van der Waals surface area contributed by atoms with Crippen molar-refractivity contribution in [1.29, 1.82) is 0 Å². The van der Waals surface area contributed by atoms with E-state index >= 15 is 0 Å². The number of hydrogen-bond acceptors (Lipinski definition) is 3. The van der Waals surface area contributed by atoms with Crippen LogP contribution in [-0.2, 0) is 11.3 Å². The summed E-state index contributed by atoms with van der Waals surface area (Å²) in [6.07, 6.45) is 1.14. The van der Waals surface area contributed by atoms with Gasteiger partial charge < -0.3 is 10.4 Å². The fraction of sp³-hybridized carbons (Fsp3) is 0.524. The van der Waals surface area contributed by atoms with Gasteiger partial charge in [-0.2, -0.15) is 22.7 Å². The zero-order valence-corrected chi connectivity index (χ0v) is 16.3. The molecule has 2 fully saturated rings. The first-order chi connectivity index (χ1) is 14.2. The fourth-order valence-electron chi connectivity index (χ4n) is 4.16. The SMILES string of the molecule is O=C(C[C@@H]1CC(F)(F)C1(F)F)Nc1nn(CCO)c(-c2ccccc2)c1C1CCC1. The highest BCUT2D eigenvalue weighted by atomic mass is 19.3. The number of anilines is 1. The van der Waals surface area contributed by atoms with E-state index in [2.05, 4.69) is 10.4 Å². The zero-order valence-electron chi connectivity index (χ0n) is 16.3. The van der Waals surface area contributed by atoms with Gasteiger partial charge >= 0.3 is 11.8 Å². The summed E-state index contributed by atoms with van der Waals surface area (Å²) in [7, 11) is 0. The third kappa shape index (κ3) is 3.49. The van der Waals surface area contributed by atoms with Crippen molar-refractivity contribution in [3.63, 3.8) is 0 Å². The Bertz CT molecular complexity index is 926. The minimum absolute atomic E-state index is 0.150. The summed E-state index contributed by atoms with van der Waals surface area (Å²) < 4.78 is 54.9. The molecule has 1 aromatic carbocycles. The van der Waals surface area contributed by atoms with Gasteiger partial charge in [-0.15, -0.1) is 0 Å². The van der Waals surface area contributed by atoms with Crippen LogP contribution in [0.4, 0.5) is 23.4 Å². The van der Waals surface area contributed by atoms with E-state index in [0.717, 1.165) is 36.1 Å². The standard InChI is InChI=1S/C21H23F4N3O2/c22-20(23)12-15(21(20,24)25)11-16(30)26-19-17(13-7-4-8-13)18(28(27-19)9-10-29)14-5-2-1-3-6-14/h1-3,5-6,13,15,29H,4,7-12H2,(H,26,27,30)/t15-/m1/s1. The number of alkyl halides is 4. The van der Waals surface area contributed by atoms with E-state index in [1.165, 1.54) is 0 Å². The van der Waals surface area contributed by atoms with E-state index < -0.39 is 36.5 Å². The molecule has 162 valence electrons. The normalized spacial score (nSPS) is 22.2. The molecule has 1 aromatic heterocycles. The van der Waals surface area contributed by atoms with E-state index in [0.29, 0.717) is 0 Å². The molecule has 1 atom stereocenters. The third-order valence-electron chi connectivity index (χ3n) is 6.05. The number of nitrogens with one attached hydrogen (secondary N) is 1. The Morgan fingerprint density at radius 3 is 2.43 bits per heavy atom. The lowest BCUT2D eigenvalue weighted by Gasteiger charge is -2.43. The van der Waals surface area contributed by atoms with Gasteiger partial charge in [-0.05, 0) is 18.8 Å². The number of amides is 1. The lowest BCUT2D eigenvalue weighted by atomic mass is 9.74. The number of halogens is 4. The first-order valence-corrected chi connectivity index (χ1v) is 10.1. The molecule has 2 saturated carbocycles. The Morgan fingerprint density at radius 2 is 1.90 bits per heavy atom. The molecule has 0 unspecified atom stereocenters. The van der Waals surface area contributed by atoms with E-state index in [4.69, 9.17) is 0 Å². The number of aliphatic hydroxyl groups excluding tert-OH is 1.